The summed E-state index contributed by atoms with van der Waals surface area (Å²) in [4.78, 5) is 4.35. The normalized spacial score (nSPS) is 14.6. The second-order valence-corrected chi connectivity index (χ2v) is 8.37. The summed E-state index contributed by atoms with van der Waals surface area (Å²) in [5.41, 5.74) is 4.92. The van der Waals surface area contributed by atoms with E-state index < -0.39 is 10.0 Å². The molecule has 0 N–H and O–H groups in total. The van der Waals surface area contributed by atoms with Gasteiger partial charge in [-0.3, -0.25) is 9.67 Å². The van der Waals surface area contributed by atoms with Crippen LogP contribution in [-0.2, 0) is 30.2 Å². The van der Waals surface area contributed by atoms with Crippen LogP contribution in [0.15, 0.2) is 42.7 Å². The fraction of sp³-hybridized carbons (Fsp3) is 0.222. The monoisotopic (exact) mass is 372 g/mol. The van der Waals surface area contributed by atoms with Crippen molar-refractivity contribution in [3.8, 4) is 22.4 Å². The third kappa shape index (κ3) is 2.91. The van der Waals surface area contributed by atoms with Crippen LogP contribution in [0.25, 0.3) is 22.4 Å². The first-order valence-electron chi connectivity index (χ1n) is 8.05. The van der Waals surface area contributed by atoms with Crippen LogP contribution in [0.4, 0.5) is 4.39 Å². The van der Waals surface area contributed by atoms with Crippen molar-refractivity contribution in [1.29, 1.82) is 0 Å². The average Bonchev–Trinajstić information content (AvgIpc) is 3.18. The summed E-state index contributed by atoms with van der Waals surface area (Å²) < 4.78 is 40.2. The minimum atomic E-state index is -3.30. The van der Waals surface area contributed by atoms with Gasteiger partial charge in [0.05, 0.1) is 18.5 Å². The lowest BCUT2D eigenvalue weighted by atomic mass is 9.98. The zero-order chi connectivity index (χ0) is 18.5. The Morgan fingerprint density at radius 2 is 1.81 bits per heavy atom. The highest BCUT2D eigenvalue weighted by Crippen LogP contribution is 2.37. The summed E-state index contributed by atoms with van der Waals surface area (Å²) in [5, 5.41) is 4.52. The van der Waals surface area contributed by atoms with Gasteiger partial charge in [-0.1, -0.05) is 0 Å². The summed E-state index contributed by atoms with van der Waals surface area (Å²) >= 11 is 0. The Kier molecular flexibility index (Phi) is 3.89. The van der Waals surface area contributed by atoms with Crippen molar-refractivity contribution < 1.29 is 12.8 Å². The van der Waals surface area contributed by atoms with Gasteiger partial charge in [0.25, 0.3) is 0 Å². The van der Waals surface area contributed by atoms with Gasteiger partial charge >= 0.3 is 0 Å². The molecule has 3 aromatic rings. The molecule has 0 bridgehead atoms. The van der Waals surface area contributed by atoms with Crippen LogP contribution >= 0.6 is 0 Å². The van der Waals surface area contributed by atoms with Crippen LogP contribution in [0, 0.1) is 5.82 Å². The first-order valence-corrected chi connectivity index (χ1v) is 9.89. The largest absolute Gasteiger partial charge is 0.275 e. The molecule has 0 radical (unpaired) electrons. The Morgan fingerprint density at radius 1 is 1.08 bits per heavy atom. The molecule has 0 aliphatic carbocycles. The van der Waals surface area contributed by atoms with Gasteiger partial charge in [-0.05, 0) is 41.5 Å². The molecule has 1 aliphatic rings. The van der Waals surface area contributed by atoms with E-state index in [0.29, 0.717) is 0 Å². The van der Waals surface area contributed by atoms with Gasteiger partial charge in [-0.25, -0.2) is 12.8 Å². The average molecular weight is 372 g/mol. The molecule has 0 spiro atoms. The minimum Gasteiger partial charge on any atom is -0.275 e. The number of fused-ring (bicyclic) bond motifs is 1. The Balaban J connectivity index is 1.85. The summed E-state index contributed by atoms with van der Waals surface area (Å²) in [6.45, 7) is 0.559. The number of nitrogens with zero attached hydrogens (tertiary/aromatic N) is 4. The fourth-order valence-corrected chi connectivity index (χ4v) is 3.96. The minimum absolute atomic E-state index is 0.272. The predicted octanol–water partition coefficient (Wildman–Crippen LogP) is 2.56. The van der Waals surface area contributed by atoms with Gasteiger partial charge in [-0.15, -0.1) is 0 Å². The molecular weight excluding hydrogens is 355 g/mol. The Hall–Kier alpha value is -2.58. The van der Waals surface area contributed by atoms with Crippen LogP contribution in [-0.4, -0.2) is 33.7 Å². The lowest BCUT2D eigenvalue weighted by Gasteiger charge is -2.11. The van der Waals surface area contributed by atoms with E-state index in [0.717, 1.165) is 33.6 Å². The lowest BCUT2D eigenvalue weighted by Crippen LogP contribution is -2.23. The molecule has 0 atom stereocenters. The second-order valence-electron chi connectivity index (χ2n) is 6.39. The summed E-state index contributed by atoms with van der Waals surface area (Å²) in [6.07, 6.45) is 4.77. The third-order valence-electron chi connectivity index (χ3n) is 4.51. The number of hydrogen-bond acceptors (Lipinski definition) is 4. The molecule has 0 unspecified atom stereocenters. The van der Waals surface area contributed by atoms with E-state index in [2.05, 4.69) is 10.1 Å². The van der Waals surface area contributed by atoms with E-state index in [1.807, 2.05) is 19.3 Å². The van der Waals surface area contributed by atoms with Gasteiger partial charge in [0, 0.05) is 37.1 Å². The summed E-state index contributed by atoms with van der Waals surface area (Å²) in [5.74, 6) is -0.306. The highest BCUT2D eigenvalue weighted by Gasteiger charge is 2.30. The number of sulfonamides is 1. The number of pyridine rings is 1. The maximum atomic E-state index is 13.3. The van der Waals surface area contributed by atoms with E-state index >= 15 is 0 Å². The van der Waals surface area contributed by atoms with Crippen molar-refractivity contribution in [1.82, 2.24) is 19.1 Å². The van der Waals surface area contributed by atoms with Gasteiger partial charge in [-0.2, -0.15) is 9.40 Å². The quantitative estimate of drug-likeness (QED) is 0.709. The predicted molar refractivity (Wildman–Crippen MR) is 95.9 cm³/mol. The number of aryl methyl sites for hydroxylation is 1. The molecular formula is C18H17FN4O2S. The van der Waals surface area contributed by atoms with E-state index in [9.17, 15) is 12.8 Å². The van der Waals surface area contributed by atoms with Gasteiger partial charge in [0.1, 0.15) is 11.5 Å². The summed E-state index contributed by atoms with van der Waals surface area (Å²) in [6, 6.07) is 8.04. The SMILES string of the molecule is Cn1cc(-c2ccnc3c2CN(S(C)(=O)=O)C3)c(-c2ccc(F)cc2)n1. The topological polar surface area (TPSA) is 68.1 Å². The molecule has 0 amide bonds. The van der Waals surface area contributed by atoms with E-state index in [-0.39, 0.29) is 18.9 Å². The second kappa shape index (κ2) is 6.00. The Bertz CT molecular complexity index is 1090. The fourth-order valence-electron chi connectivity index (χ4n) is 3.24. The van der Waals surface area contributed by atoms with Crippen molar-refractivity contribution in [3.63, 3.8) is 0 Å². The standard InChI is InChI=1S/C18H17FN4O2S/c1-22-9-16(18(21-22)12-3-5-13(19)6-4-12)14-7-8-20-17-11-23(10-15(14)17)26(2,24)25/h3-9H,10-11H2,1-2H3. The smallest absolute Gasteiger partial charge is 0.211 e. The zero-order valence-electron chi connectivity index (χ0n) is 14.3. The van der Waals surface area contributed by atoms with E-state index in [1.165, 1.54) is 22.7 Å². The molecule has 0 saturated heterocycles. The third-order valence-corrected chi connectivity index (χ3v) is 5.71. The highest BCUT2D eigenvalue weighted by molar-refractivity contribution is 7.88. The van der Waals surface area contributed by atoms with E-state index in [4.69, 9.17) is 0 Å². The van der Waals surface area contributed by atoms with Crippen molar-refractivity contribution in [2.75, 3.05) is 6.26 Å². The highest BCUT2D eigenvalue weighted by atomic mass is 32.2. The van der Waals surface area contributed by atoms with Crippen molar-refractivity contribution in [3.05, 3.63) is 59.8 Å². The number of hydrogen-bond donors (Lipinski definition) is 0. The van der Waals surface area contributed by atoms with Crippen LogP contribution in [0.2, 0.25) is 0 Å². The van der Waals surface area contributed by atoms with Gasteiger partial charge in [0.15, 0.2) is 0 Å². The van der Waals surface area contributed by atoms with Crippen LogP contribution in [0.1, 0.15) is 11.3 Å². The molecule has 2 aromatic heterocycles. The molecule has 26 heavy (non-hydrogen) atoms. The van der Waals surface area contributed by atoms with Gasteiger partial charge < -0.3 is 0 Å². The Morgan fingerprint density at radius 3 is 2.50 bits per heavy atom. The number of halogens is 1. The molecule has 4 rings (SSSR count). The molecule has 1 aliphatic heterocycles. The number of rotatable bonds is 3. The number of aromatic nitrogens is 3. The first kappa shape index (κ1) is 16.9. The van der Waals surface area contributed by atoms with Crippen molar-refractivity contribution >= 4 is 10.0 Å². The lowest BCUT2D eigenvalue weighted by molar-refractivity contribution is 0.434. The zero-order valence-corrected chi connectivity index (χ0v) is 15.2. The van der Waals surface area contributed by atoms with Gasteiger partial charge in [0.2, 0.25) is 10.0 Å². The molecule has 1 aromatic carbocycles. The van der Waals surface area contributed by atoms with Crippen molar-refractivity contribution in [2.24, 2.45) is 7.05 Å². The molecule has 134 valence electrons. The van der Waals surface area contributed by atoms with E-state index in [1.54, 1.807) is 23.0 Å². The molecule has 8 heteroatoms. The number of benzene rings is 1. The first-order chi connectivity index (χ1) is 12.3. The molecule has 0 saturated carbocycles. The maximum Gasteiger partial charge on any atom is 0.211 e. The maximum absolute atomic E-state index is 13.3. The Labute approximate surface area is 151 Å². The van der Waals surface area contributed by atoms with Crippen LogP contribution < -0.4 is 0 Å². The molecule has 0 fully saturated rings. The molecule has 3 heterocycles. The summed E-state index contributed by atoms with van der Waals surface area (Å²) in [7, 11) is -1.48. The van der Waals surface area contributed by atoms with Crippen molar-refractivity contribution in [2.45, 2.75) is 13.1 Å². The van der Waals surface area contributed by atoms with Crippen LogP contribution in [0.5, 0.6) is 0 Å². The molecule has 6 nitrogen and oxygen atoms in total. The van der Waals surface area contributed by atoms with Crippen LogP contribution in [0.3, 0.4) is 0 Å².